The summed E-state index contributed by atoms with van der Waals surface area (Å²) in [5.74, 6) is -0.233. The van der Waals surface area contributed by atoms with Crippen LogP contribution in [0.2, 0.25) is 0 Å². The van der Waals surface area contributed by atoms with E-state index in [1.165, 1.54) is 6.07 Å². The van der Waals surface area contributed by atoms with E-state index in [2.05, 4.69) is 23.6 Å². The molecule has 1 N–H and O–H groups in total. The third-order valence-electron chi connectivity index (χ3n) is 4.28. The highest BCUT2D eigenvalue weighted by Crippen LogP contribution is 2.32. The lowest BCUT2D eigenvalue weighted by molar-refractivity contribution is 0.199. The predicted molar refractivity (Wildman–Crippen MR) is 80.6 cm³/mol. The van der Waals surface area contributed by atoms with Crippen LogP contribution in [0, 0.1) is 5.82 Å². The number of anilines is 1. The van der Waals surface area contributed by atoms with Crippen molar-refractivity contribution in [2.45, 2.75) is 39.3 Å². The van der Waals surface area contributed by atoms with Gasteiger partial charge in [0.2, 0.25) is 0 Å². The molecule has 0 spiro atoms. The van der Waals surface area contributed by atoms with Crippen LogP contribution in [-0.4, -0.2) is 42.2 Å². The van der Waals surface area contributed by atoms with Gasteiger partial charge in [-0.05, 0) is 32.5 Å². The number of benzene rings is 1. The Morgan fingerprint density at radius 3 is 2.70 bits per heavy atom. The average Bonchev–Trinajstić information content (AvgIpc) is 2.89. The Morgan fingerprint density at radius 1 is 1.40 bits per heavy atom. The normalized spacial score (nSPS) is 20.7. The van der Waals surface area contributed by atoms with Crippen molar-refractivity contribution in [2.75, 3.05) is 31.1 Å². The van der Waals surface area contributed by atoms with E-state index in [0.717, 1.165) is 32.6 Å². The van der Waals surface area contributed by atoms with Crippen LogP contribution in [0.5, 0.6) is 0 Å². The Labute approximate surface area is 121 Å². The number of likely N-dealkylation sites (N-methyl/N-ethyl adjacent to an activating group) is 1. The van der Waals surface area contributed by atoms with E-state index in [9.17, 15) is 9.50 Å². The van der Waals surface area contributed by atoms with Crippen molar-refractivity contribution in [3.8, 4) is 0 Å². The molecule has 112 valence electrons. The van der Waals surface area contributed by atoms with Crippen molar-refractivity contribution in [1.82, 2.24) is 4.90 Å². The minimum Gasteiger partial charge on any atom is -0.389 e. The van der Waals surface area contributed by atoms with Gasteiger partial charge in [0.25, 0.3) is 0 Å². The lowest BCUT2D eigenvalue weighted by atomic mass is 10.1. The third-order valence-corrected chi connectivity index (χ3v) is 4.28. The summed E-state index contributed by atoms with van der Waals surface area (Å²) in [6.45, 7) is 9.75. The molecule has 20 heavy (non-hydrogen) atoms. The largest absolute Gasteiger partial charge is 0.389 e. The van der Waals surface area contributed by atoms with Crippen LogP contribution in [-0.2, 0) is 0 Å². The number of nitrogens with zero attached hydrogens (tertiary/aromatic N) is 2. The van der Waals surface area contributed by atoms with Crippen molar-refractivity contribution in [3.63, 3.8) is 0 Å². The van der Waals surface area contributed by atoms with Crippen molar-refractivity contribution >= 4 is 5.69 Å². The summed E-state index contributed by atoms with van der Waals surface area (Å²) in [6.07, 6.45) is 0.406. The first-order valence-electron chi connectivity index (χ1n) is 7.53. The minimum absolute atomic E-state index is 0.233. The molecule has 1 saturated heterocycles. The number of aliphatic hydroxyl groups is 1. The fourth-order valence-electron chi connectivity index (χ4n) is 3.19. The molecular formula is C16H25FN2O. The molecule has 0 radical (unpaired) electrons. The molecule has 0 saturated carbocycles. The van der Waals surface area contributed by atoms with Gasteiger partial charge < -0.3 is 10.0 Å². The smallest absolute Gasteiger partial charge is 0.146 e. The fraction of sp³-hybridized carbons (Fsp3) is 0.625. The number of para-hydroxylation sites is 1. The minimum atomic E-state index is -0.645. The molecule has 1 aliphatic heterocycles. The van der Waals surface area contributed by atoms with Gasteiger partial charge in [0.05, 0.1) is 11.8 Å². The molecule has 1 fully saturated rings. The van der Waals surface area contributed by atoms with Gasteiger partial charge in [-0.2, -0.15) is 0 Å². The Balaban J connectivity index is 2.22. The lowest BCUT2D eigenvalue weighted by Gasteiger charge is -2.28. The summed E-state index contributed by atoms with van der Waals surface area (Å²) in [5, 5.41) is 9.85. The first-order chi connectivity index (χ1) is 9.58. The first-order valence-corrected chi connectivity index (χ1v) is 7.53. The standard InChI is InChI=1S/C16H25FN2O/c1-4-18(5-2)13-9-10-19(11-13)16-14(12(3)20)7-6-8-15(16)17/h6-8,12-13,20H,4-5,9-11H2,1-3H3/t12-,13?/m1/s1. The molecule has 0 aliphatic carbocycles. The number of hydrogen-bond acceptors (Lipinski definition) is 3. The molecule has 2 rings (SSSR count). The summed E-state index contributed by atoms with van der Waals surface area (Å²) in [5.41, 5.74) is 1.27. The van der Waals surface area contributed by atoms with Gasteiger partial charge in [-0.25, -0.2) is 4.39 Å². The molecule has 1 unspecified atom stereocenters. The number of hydrogen-bond donors (Lipinski definition) is 1. The molecule has 1 aliphatic rings. The maximum absolute atomic E-state index is 14.2. The van der Waals surface area contributed by atoms with E-state index in [4.69, 9.17) is 0 Å². The maximum Gasteiger partial charge on any atom is 0.146 e. The molecule has 4 heteroatoms. The van der Waals surface area contributed by atoms with Crippen LogP contribution >= 0.6 is 0 Å². The second kappa shape index (κ2) is 6.55. The van der Waals surface area contributed by atoms with Crippen molar-refractivity contribution < 1.29 is 9.50 Å². The van der Waals surface area contributed by atoms with Crippen LogP contribution in [0.25, 0.3) is 0 Å². The molecule has 0 aromatic heterocycles. The topological polar surface area (TPSA) is 26.7 Å². The highest BCUT2D eigenvalue weighted by Gasteiger charge is 2.29. The van der Waals surface area contributed by atoms with E-state index in [1.54, 1.807) is 13.0 Å². The van der Waals surface area contributed by atoms with Crippen molar-refractivity contribution in [2.24, 2.45) is 0 Å². The van der Waals surface area contributed by atoms with Crippen LogP contribution in [0.15, 0.2) is 18.2 Å². The second-order valence-electron chi connectivity index (χ2n) is 5.46. The molecule has 1 heterocycles. The summed E-state index contributed by atoms with van der Waals surface area (Å²) in [4.78, 5) is 4.50. The zero-order valence-electron chi connectivity index (χ0n) is 12.6. The van der Waals surface area contributed by atoms with Crippen LogP contribution in [0.3, 0.4) is 0 Å². The Hall–Kier alpha value is -1.13. The highest BCUT2D eigenvalue weighted by atomic mass is 19.1. The van der Waals surface area contributed by atoms with Gasteiger partial charge >= 0.3 is 0 Å². The molecular weight excluding hydrogens is 255 g/mol. The predicted octanol–water partition coefficient (Wildman–Crippen LogP) is 2.80. The first kappa shape index (κ1) is 15.3. The molecule has 1 aromatic rings. The summed E-state index contributed by atoms with van der Waals surface area (Å²) < 4.78 is 14.2. The number of rotatable bonds is 5. The Bertz CT molecular complexity index is 446. The van der Waals surface area contributed by atoms with Gasteiger partial charge in [0, 0.05) is 24.7 Å². The molecule has 0 amide bonds. The molecule has 1 aromatic carbocycles. The van der Waals surface area contributed by atoms with Crippen LogP contribution in [0.1, 0.15) is 38.9 Å². The second-order valence-corrected chi connectivity index (χ2v) is 5.46. The van der Waals surface area contributed by atoms with E-state index >= 15 is 0 Å². The van der Waals surface area contributed by atoms with Gasteiger partial charge in [0.15, 0.2) is 0 Å². The van der Waals surface area contributed by atoms with Gasteiger partial charge in [-0.1, -0.05) is 26.0 Å². The monoisotopic (exact) mass is 280 g/mol. The number of halogens is 1. The highest BCUT2D eigenvalue weighted by molar-refractivity contribution is 5.56. The van der Waals surface area contributed by atoms with Gasteiger partial charge in [-0.15, -0.1) is 0 Å². The lowest BCUT2D eigenvalue weighted by Crippen LogP contribution is -2.37. The average molecular weight is 280 g/mol. The SMILES string of the molecule is CCN(CC)C1CCN(c2c(F)cccc2[C@@H](C)O)C1. The summed E-state index contributed by atoms with van der Waals surface area (Å²) in [6, 6.07) is 5.44. The Morgan fingerprint density at radius 2 is 2.10 bits per heavy atom. The zero-order chi connectivity index (χ0) is 14.7. The van der Waals surface area contributed by atoms with Gasteiger partial charge in [-0.3, -0.25) is 4.90 Å². The van der Waals surface area contributed by atoms with Crippen molar-refractivity contribution in [1.29, 1.82) is 0 Å². The van der Waals surface area contributed by atoms with Crippen LogP contribution in [0.4, 0.5) is 10.1 Å². The van der Waals surface area contributed by atoms with Crippen molar-refractivity contribution in [3.05, 3.63) is 29.6 Å². The van der Waals surface area contributed by atoms with E-state index in [1.807, 2.05) is 6.07 Å². The zero-order valence-corrected chi connectivity index (χ0v) is 12.6. The number of aliphatic hydroxyl groups excluding tert-OH is 1. The van der Waals surface area contributed by atoms with E-state index < -0.39 is 6.10 Å². The molecule has 0 bridgehead atoms. The quantitative estimate of drug-likeness (QED) is 0.898. The van der Waals surface area contributed by atoms with E-state index in [-0.39, 0.29) is 5.82 Å². The maximum atomic E-state index is 14.2. The molecule has 3 nitrogen and oxygen atoms in total. The molecule has 2 atom stereocenters. The van der Waals surface area contributed by atoms with Crippen LogP contribution < -0.4 is 4.90 Å². The summed E-state index contributed by atoms with van der Waals surface area (Å²) >= 11 is 0. The van der Waals surface area contributed by atoms with Gasteiger partial charge in [0.1, 0.15) is 5.82 Å². The third kappa shape index (κ3) is 2.96. The fourth-order valence-corrected chi connectivity index (χ4v) is 3.19. The van der Waals surface area contributed by atoms with E-state index in [0.29, 0.717) is 17.3 Å². The Kier molecular flexibility index (Phi) is 5.00. The summed E-state index contributed by atoms with van der Waals surface area (Å²) in [7, 11) is 0.